The van der Waals surface area contributed by atoms with Gasteiger partial charge in [-0.05, 0) is 20.0 Å². The number of ether oxygens (including phenoxy) is 1. The van der Waals surface area contributed by atoms with Crippen LogP contribution in [0.5, 0.6) is 0 Å². The lowest BCUT2D eigenvalue weighted by Gasteiger charge is -2.00. The van der Waals surface area contributed by atoms with Crippen molar-refractivity contribution in [2.75, 3.05) is 38.8 Å². The van der Waals surface area contributed by atoms with Gasteiger partial charge in [0.1, 0.15) is 0 Å². The molecule has 68 valence electrons. The van der Waals surface area contributed by atoms with Crippen LogP contribution in [0.2, 0.25) is 0 Å². The zero-order chi connectivity index (χ0) is 8.53. The second-order valence-corrected chi connectivity index (χ2v) is 3.99. The molecule has 0 aliphatic carbocycles. The summed E-state index contributed by atoms with van der Waals surface area (Å²) in [6.07, 6.45) is 0.979. The normalized spacial score (nSPS) is 13.3. The van der Waals surface area contributed by atoms with E-state index >= 15 is 0 Å². The fraction of sp³-hybridized carbons (Fsp3) is 1.00. The van der Waals surface area contributed by atoms with Gasteiger partial charge >= 0.3 is 0 Å². The average molecular weight is 179 g/mol. The molecule has 0 aliphatic heterocycles. The van der Waals surface area contributed by atoms with E-state index in [1.54, 1.807) is 7.11 Å². The van der Waals surface area contributed by atoms with Crippen LogP contribution in [0.1, 0.15) is 6.42 Å². The molecule has 1 atom stereocenters. The zero-order valence-electron chi connectivity index (χ0n) is 7.26. The van der Waals surface area contributed by atoms with E-state index in [0.29, 0.717) is 12.4 Å². The molecule has 0 aromatic rings. The SMILES string of the molecule is CNCCCS(=O)CCOC. The summed E-state index contributed by atoms with van der Waals surface area (Å²) in [5.74, 6) is 1.45. The van der Waals surface area contributed by atoms with E-state index in [2.05, 4.69) is 5.32 Å². The van der Waals surface area contributed by atoms with Crippen molar-refractivity contribution >= 4 is 10.8 Å². The first kappa shape index (κ1) is 11.1. The van der Waals surface area contributed by atoms with Crippen molar-refractivity contribution in [1.82, 2.24) is 5.32 Å². The van der Waals surface area contributed by atoms with Gasteiger partial charge in [0.2, 0.25) is 0 Å². The highest BCUT2D eigenvalue weighted by molar-refractivity contribution is 7.84. The standard InChI is InChI=1S/C7H17NO2S/c1-8-4-3-6-11(9)7-5-10-2/h8H,3-7H2,1-2H3. The van der Waals surface area contributed by atoms with E-state index in [-0.39, 0.29) is 0 Å². The molecule has 0 saturated carbocycles. The Morgan fingerprint density at radius 3 is 2.73 bits per heavy atom. The van der Waals surface area contributed by atoms with Crippen molar-refractivity contribution in [2.45, 2.75) is 6.42 Å². The van der Waals surface area contributed by atoms with E-state index < -0.39 is 10.8 Å². The topological polar surface area (TPSA) is 38.3 Å². The lowest BCUT2D eigenvalue weighted by atomic mass is 10.5. The molecule has 0 radical (unpaired) electrons. The van der Waals surface area contributed by atoms with E-state index in [9.17, 15) is 4.21 Å². The van der Waals surface area contributed by atoms with Crippen molar-refractivity contribution in [3.05, 3.63) is 0 Å². The van der Waals surface area contributed by atoms with Crippen LogP contribution in [0.4, 0.5) is 0 Å². The van der Waals surface area contributed by atoms with Gasteiger partial charge in [0.25, 0.3) is 0 Å². The molecule has 0 spiro atoms. The molecule has 0 aliphatic rings. The number of nitrogens with one attached hydrogen (secondary N) is 1. The molecule has 11 heavy (non-hydrogen) atoms. The van der Waals surface area contributed by atoms with Crippen molar-refractivity contribution < 1.29 is 8.95 Å². The minimum absolute atomic E-state index is 0.603. The summed E-state index contributed by atoms with van der Waals surface area (Å²) < 4.78 is 15.9. The lowest BCUT2D eigenvalue weighted by molar-refractivity contribution is 0.218. The smallest absolute Gasteiger partial charge is 0.0577 e. The third kappa shape index (κ3) is 7.97. The van der Waals surface area contributed by atoms with Crippen molar-refractivity contribution in [1.29, 1.82) is 0 Å². The van der Waals surface area contributed by atoms with Crippen molar-refractivity contribution in [2.24, 2.45) is 0 Å². The largest absolute Gasteiger partial charge is 0.384 e. The molecular formula is C7H17NO2S. The Morgan fingerprint density at radius 2 is 2.18 bits per heavy atom. The summed E-state index contributed by atoms with van der Waals surface area (Å²) in [5, 5.41) is 3.01. The van der Waals surface area contributed by atoms with Gasteiger partial charge in [-0.3, -0.25) is 4.21 Å². The van der Waals surface area contributed by atoms with Crippen LogP contribution in [0.15, 0.2) is 0 Å². The highest BCUT2D eigenvalue weighted by Gasteiger charge is 1.97. The van der Waals surface area contributed by atoms with Crippen LogP contribution in [0, 0.1) is 0 Å². The molecule has 0 rings (SSSR count). The molecule has 3 nitrogen and oxygen atoms in total. The van der Waals surface area contributed by atoms with Crippen LogP contribution in [0.25, 0.3) is 0 Å². The highest BCUT2D eigenvalue weighted by atomic mass is 32.2. The third-order valence-corrected chi connectivity index (χ3v) is 2.68. The maximum Gasteiger partial charge on any atom is 0.0577 e. The Hall–Kier alpha value is 0.0700. The van der Waals surface area contributed by atoms with Crippen LogP contribution >= 0.6 is 0 Å². The molecule has 1 N–H and O–H groups in total. The number of rotatable bonds is 7. The van der Waals surface area contributed by atoms with Gasteiger partial charge in [-0.15, -0.1) is 0 Å². The van der Waals surface area contributed by atoms with Gasteiger partial charge < -0.3 is 10.1 Å². The van der Waals surface area contributed by atoms with Gasteiger partial charge in [-0.2, -0.15) is 0 Å². The molecule has 0 aromatic heterocycles. The molecule has 1 unspecified atom stereocenters. The Balaban J connectivity index is 3.09. The zero-order valence-corrected chi connectivity index (χ0v) is 8.08. The summed E-state index contributed by atoms with van der Waals surface area (Å²) in [6, 6.07) is 0. The first-order chi connectivity index (χ1) is 5.31. The van der Waals surface area contributed by atoms with E-state index in [0.717, 1.165) is 18.7 Å². The van der Waals surface area contributed by atoms with Gasteiger partial charge in [0.05, 0.1) is 6.61 Å². The van der Waals surface area contributed by atoms with Gasteiger partial charge in [-0.25, -0.2) is 0 Å². The fourth-order valence-electron chi connectivity index (χ4n) is 0.688. The Labute approximate surface area is 71.0 Å². The van der Waals surface area contributed by atoms with Gasteiger partial charge in [0, 0.05) is 29.4 Å². The summed E-state index contributed by atoms with van der Waals surface area (Å²) in [5.41, 5.74) is 0. The second kappa shape index (κ2) is 8.17. The number of hydrogen-bond donors (Lipinski definition) is 1. The van der Waals surface area contributed by atoms with Gasteiger partial charge in [0.15, 0.2) is 0 Å². The molecule has 0 amide bonds. The van der Waals surface area contributed by atoms with Gasteiger partial charge in [-0.1, -0.05) is 0 Å². The number of hydrogen-bond acceptors (Lipinski definition) is 3. The van der Waals surface area contributed by atoms with E-state index in [1.165, 1.54) is 0 Å². The second-order valence-electron chi connectivity index (χ2n) is 2.30. The average Bonchev–Trinajstić information content (AvgIpc) is 2.01. The van der Waals surface area contributed by atoms with Crippen molar-refractivity contribution in [3.63, 3.8) is 0 Å². The summed E-state index contributed by atoms with van der Waals surface area (Å²) in [6.45, 7) is 1.55. The molecule has 0 saturated heterocycles. The van der Waals surface area contributed by atoms with Crippen LogP contribution in [-0.2, 0) is 15.5 Å². The Morgan fingerprint density at radius 1 is 1.45 bits per heavy atom. The maximum atomic E-state index is 11.1. The predicted molar refractivity (Wildman–Crippen MR) is 48.3 cm³/mol. The molecule has 0 fully saturated rings. The lowest BCUT2D eigenvalue weighted by Crippen LogP contribution is -2.14. The Bertz CT molecular complexity index is 109. The third-order valence-electron chi connectivity index (χ3n) is 1.31. The molecule has 0 heterocycles. The molecule has 0 bridgehead atoms. The molecule has 4 heteroatoms. The molecular weight excluding hydrogens is 162 g/mol. The number of methoxy groups -OCH3 is 1. The fourth-order valence-corrected chi connectivity index (χ4v) is 1.71. The first-order valence-corrected chi connectivity index (χ1v) is 5.28. The maximum absolute atomic E-state index is 11.1. The minimum Gasteiger partial charge on any atom is -0.384 e. The van der Waals surface area contributed by atoms with E-state index in [1.807, 2.05) is 7.05 Å². The Kier molecular flexibility index (Phi) is 8.22. The predicted octanol–water partition coefficient (Wildman–Crippen LogP) is -0.00900. The summed E-state index contributed by atoms with van der Waals surface area (Å²) in [4.78, 5) is 0. The minimum atomic E-state index is -0.686. The van der Waals surface area contributed by atoms with Crippen LogP contribution in [-0.4, -0.2) is 43.0 Å². The van der Waals surface area contributed by atoms with Crippen LogP contribution in [0.3, 0.4) is 0 Å². The van der Waals surface area contributed by atoms with Crippen molar-refractivity contribution in [3.8, 4) is 0 Å². The monoisotopic (exact) mass is 179 g/mol. The summed E-state index contributed by atoms with van der Waals surface area (Å²) >= 11 is 0. The highest BCUT2D eigenvalue weighted by Crippen LogP contribution is 1.86. The quantitative estimate of drug-likeness (QED) is 0.559. The first-order valence-electron chi connectivity index (χ1n) is 3.79. The molecule has 0 aromatic carbocycles. The summed E-state index contributed by atoms with van der Waals surface area (Å²) in [7, 11) is 2.84. The van der Waals surface area contributed by atoms with E-state index in [4.69, 9.17) is 4.74 Å². The van der Waals surface area contributed by atoms with Crippen LogP contribution < -0.4 is 5.32 Å².